The topological polar surface area (TPSA) is 86.8 Å². The Morgan fingerprint density at radius 3 is 2.21 bits per heavy atom. The van der Waals surface area contributed by atoms with Crippen LogP contribution < -0.4 is 5.32 Å². The molecule has 1 saturated heterocycles. The van der Waals surface area contributed by atoms with E-state index in [4.69, 9.17) is 0 Å². The molecular weight excluding hydrogens is 385 g/mol. The van der Waals surface area contributed by atoms with E-state index in [0.717, 1.165) is 6.07 Å². The zero-order chi connectivity index (χ0) is 20.3. The Morgan fingerprint density at radius 2 is 1.64 bits per heavy atom. The summed E-state index contributed by atoms with van der Waals surface area (Å²) < 4.78 is 39.9. The van der Waals surface area contributed by atoms with Gasteiger partial charge in [-0.25, -0.2) is 12.8 Å². The fourth-order valence-electron chi connectivity index (χ4n) is 2.99. The summed E-state index contributed by atoms with van der Waals surface area (Å²) in [5.41, 5.74) is 1.05. The number of carbonyl (C=O) groups is 2. The van der Waals surface area contributed by atoms with Crippen LogP contribution in [-0.2, 0) is 14.8 Å². The summed E-state index contributed by atoms with van der Waals surface area (Å²) in [6.07, 6.45) is 0. The third-order valence-electron chi connectivity index (χ3n) is 4.41. The molecule has 1 fully saturated rings. The number of halogens is 1. The number of carbonyl (C=O) groups excluding carboxylic acids is 2. The minimum atomic E-state index is -3.80. The minimum absolute atomic E-state index is 0.0964. The van der Waals surface area contributed by atoms with Crippen LogP contribution in [0.3, 0.4) is 0 Å². The lowest BCUT2D eigenvalue weighted by atomic mass is 10.1. The van der Waals surface area contributed by atoms with E-state index in [9.17, 15) is 22.4 Å². The van der Waals surface area contributed by atoms with E-state index < -0.39 is 15.8 Å². The Morgan fingerprint density at radius 1 is 1.00 bits per heavy atom. The molecule has 28 heavy (non-hydrogen) atoms. The predicted octanol–water partition coefficient (Wildman–Crippen LogP) is 1.93. The van der Waals surface area contributed by atoms with Crippen LogP contribution in [0.2, 0.25) is 0 Å². The summed E-state index contributed by atoms with van der Waals surface area (Å²) >= 11 is 0. The largest absolute Gasteiger partial charge is 0.336 e. The first-order valence-corrected chi connectivity index (χ1v) is 10.1. The van der Waals surface area contributed by atoms with E-state index in [2.05, 4.69) is 5.32 Å². The van der Waals surface area contributed by atoms with Gasteiger partial charge in [-0.05, 0) is 42.5 Å². The SMILES string of the molecule is CC(=O)Nc1ccc(C(=O)N2CCN(S(=O)(=O)c3cccc(F)c3)CC2)cc1. The van der Waals surface area contributed by atoms with Crippen molar-refractivity contribution in [3.05, 3.63) is 59.9 Å². The van der Waals surface area contributed by atoms with E-state index in [1.165, 1.54) is 29.4 Å². The van der Waals surface area contributed by atoms with Gasteiger partial charge >= 0.3 is 0 Å². The standard InChI is InChI=1S/C19H20FN3O4S/c1-14(24)21-17-7-5-15(6-8-17)19(25)22-9-11-23(12-10-22)28(26,27)18-4-2-3-16(20)13-18/h2-8,13H,9-12H2,1H3,(H,21,24). The van der Waals surface area contributed by atoms with Crippen molar-refractivity contribution < 1.29 is 22.4 Å². The maximum Gasteiger partial charge on any atom is 0.253 e. The van der Waals surface area contributed by atoms with Crippen LogP contribution in [0.1, 0.15) is 17.3 Å². The highest BCUT2D eigenvalue weighted by Crippen LogP contribution is 2.19. The first-order valence-electron chi connectivity index (χ1n) is 8.70. The highest BCUT2D eigenvalue weighted by molar-refractivity contribution is 7.89. The number of nitrogens with zero attached hydrogens (tertiary/aromatic N) is 2. The van der Waals surface area contributed by atoms with Gasteiger partial charge in [0.05, 0.1) is 4.90 Å². The van der Waals surface area contributed by atoms with Crippen molar-refractivity contribution in [1.82, 2.24) is 9.21 Å². The normalized spacial score (nSPS) is 15.3. The van der Waals surface area contributed by atoms with Gasteiger partial charge in [-0.1, -0.05) is 6.07 Å². The third-order valence-corrected chi connectivity index (χ3v) is 6.31. The second-order valence-electron chi connectivity index (χ2n) is 6.41. The first-order chi connectivity index (χ1) is 13.3. The van der Waals surface area contributed by atoms with Crippen LogP contribution in [0, 0.1) is 5.82 Å². The van der Waals surface area contributed by atoms with Gasteiger partial charge in [0.15, 0.2) is 0 Å². The van der Waals surface area contributed by atoms with Crippen LogP contribution >= 0.6 is 0 Å². The number of hydrogen-bond donors (Lipinski definition) is 1. The Hall–Kier alpha value is -2.78. The highest BCUT2D eigenvalue weighted by atomic mass is 32.2. The van der Waals surface area contributed by atoms with Gasteiger partial charge < -0.3 is 10.2 Å². The van der Waals surface area contributed by atoms with Crippen molar-refractivity contribution in [2.75, 3.05) is 31.5 Å². The van der Waals surface area contributed by atoms with Crippen LogP contribution in [0.5, 0.6) is 0 Å². The van der Waals surface area contributed by atoms with E-state index >= 15 is 0 Å². The lowest BCUT2D eigenvalue weighted by Crippen LogP contribution is -2.50. The summed E-state index contributed by atoms with van der Waals surface area (Å²) in [7, 11) is -3.80. The van der Waals surface area contributed by atoms with Crippen LogP contribution in [0.4, 0.5) is 10.1 Å². The molecular formula is C19H20FN3O4S. The molecule has 1 aliphatic heterocycles. The van der Waals surface area contributed by atoms with Gasteiger partial charge in [-0.15, -0.1) is 0 Å². The fourth-order valence-corrected chi connectivity index (χ4v) is 4.44. The number of nitrogens with one attached hydrogen (secondary N) is 1. The second-order valence-corrected chi connectivity index (χ2v) is 8.35. The number of amides is 2. The molecule has 3 rings (SSSR count). The average Bonchev–Trinajstić information content (AvgIpc) is 2.68. The van der Waals surface area contributed by atoms with Crippen molar-refractivity contribution in [3.8, 4) is 0 Å². The zero-order valence-corrected chi connectivity index (χ0v) is 16.1. The van der Waals surface area contributed by atoms with Crippen molar-refractivity contribution in [3.63, 3.8) is 0 Å². The molecule has 148 valence electrons. The maximum absolute atomic E-state index is 13.4. The molecule has 2 amide bonds. The molecule has 1 heterocycles. The molecule has 9 heteroatoms. The molecule has 7 nitrogen and oxygen atoms in total. The van der Waals surface area contributed by atoms with E-state index in [1.54, 1.807) is 29.2 Å². The summed E-state index contributed by atoms with van der Waals surface area (Å²) in [5.74, 6) is -1.02. The van der Waals surface area contributed by atoms with Crippen molar-refractivity contribution in [2.24, 2.45) is 0 Å². The molecule has 0 aromatic heterocycles. The van der Waals surface area contributed by atoms with E-state index in [-0.39, 0.29) is 42.9 Å². The van der Waals surface area contributed by atoms with E-state index in [1.807, 2.05) is 0 Å². The number of benzene rings is 2. The van der Waals surface area contributed by atoms with Gasteiger partial charge in [0, 0.05) is 44.4 Å². The fraction of sp³-hybridized carbons (Fsp3) is 0.263. The van der Waals surface area contributed by atoms with Crippen LogP contribution in [0.25, 0.3) is 0 Å². The van der Waals surface area contributed by atoms with Gasteiger partial charge in [-0.3, -0.25) is 9.59 Å². The Bertz CT molecular complexity index is 984. The molecule has 1 N–H and O–H groups in total. The number of sulfonamides is 1. The molecule has 0 aliphatic carbocycles. The zero-order valence-electron chi connectivity index (χ0n) is 15.3. The van der Waals surface area contributed by atoms with Crippen molar-refractivity contribution in [2.45, 2.75) is 11.8 Å². The predicted molar refractivity (Wildman–Crippen MR) is 102 cm³/mol. The molecule has 2 aromatic rings. The Balaban J connectivity index is 1.64. The number of piperazine rings is 1. The maximum atomic E-state index is 13.4. The summed E-state index contributed by atoms with van der Waals surface area (Å²) in [4.78, 5) is 25.2. The number of anilines is 1. The monoisotopic (exact) mass is 405 g/mol. The Kier molecular flexibility index (Phi) is 5.76. The quantitative estimate of drug-likeness (QED) is 0.842. The summed E-state index contributed by atoms with van der Waals surface area (Å²) in [6.45, 7) is 2.14. The molecule has 0 spiro atoms. The van der Waals surface area contributed by atoms with Gasteiger partial charge in [0.25, 0.3) is 5.91 Å². The van der Waals surface area contributed by atoms with E-state index in [0.29, 0.717) is 11.3 Å². The second kappa shape index (κ2) is 8.07. The van der Waals surface area contributed by atoms with Gasteiger partial charge in [0.1, 0.15) is 5.82 Å². The van der Waals surface area contributed by atoms with Crippen LogP contribution in [-0.4, -0.2) is 55.6 Å². The lowest BCUT2D eigenvalue weighted by Gasteiger charge is -2.34. The van der Waals surface area contributed by atoms with Crippen molar-refractivity contribution >= 4 is 27.5 Å². The lowest BCUT2D eigenvalue weighted by molar-refractivity contribution is -0.114. The molecule has 0 radical (unpaired) electrons. The smallest absolute Gasteiger partial charge is 0.253 e. The first kappa shape index (κ1) is 20.0. The average molecular weight is 405 g/mol. The number of hydrogen-bond acceptors (Lipinski definition) is 4. The minimum Gasteiger partial charge on any atom is -0.336 e. The Labute approximate surface area is 162 Å². The molecule has 0 saturated carbocycles. The summed E-state index contributed by atoms with van der Waals surface area (Å²) in [6, 6.07) is 11.4. The molecule has 2 aromatic carbocycles. The molecule has 1 aliphatic rings. The van der Waals surface area contributed by atoms with Crippen molar-refractivity contribution in [1.29, 1.82) is 0 Å². The number of rotatable bonds is 4. The van der Waals surface area contributed by atoms with Gasteiger partial charge in [-0.2, -0.15) is 4.31 Å². The van der Waals surface area contributed by atoms with Gasteiger partial charge in [0.2, 0.25) is 15.9 Å². The summed E-state index contributed by atoms with van der Waals surface area (Å²) in [5, 5.41) is 2.63. The van der Waals surface area contributed by atoms with Crippen LogP contribution in [0.15, 0.2) is 53.4 Å². The highest BCUT2D eigenvalue weighted by Gasteiger charge is 2.30. The molecule has 0 unspecified atom stereocenters. The molecule has 0 atom stereocenters. The third kappa shape index (κ3) is 4.37. The molecule has 0 bridgehead atoms.